The van der Waals surface area contributed by atoms with Crippen molar-refractivity contribution in [3.05, 3.63) is 66.5 Å². The molecule has 0 aliphatic carbocycles. The highest BCUT2D eigenvalue weighted by Gasteiger charge is 2.26. The van der Waals surface area contributed by atoms with Crippen LogP contribution in [0.2, 0.25) is 0 Å². The van der Waals surface area contributed by atoms with Gasteiger partial charge in [-0.1, -0.05) is 30.3 Å². The molecule has 0 unspecified atom stereocenters. The molecule has 29 heavy (non-hydrogen) atoms. The summed E-state index contributed by atoms with van der Waals surface area (Å²) >= 11 is 0. The van der Waals surface area contributed by atoms with Crippen molar-refractivity contribution in [1.29, 1.82) is 0 Å². The van der Waals surface area contributed by atoms with Gasteiger partial charge in [0.05, 0.1) is 5.69 Å². The first kappa shape index (κ1) is 19.9. The quantitative estimate of drug-likeness (QED) is 0.526. The number of nitrogens with two attached hydrogens (primary N) is 1. The predicted octanol–water partition coefficient (Wildman–Crippen LogP) is 1.55. The summed E-state index contributed by atoms with van der Waals surface area (Å²) in [6.07, 6.45) is 3.71. The highest BCUT2D eigenvalue weighted by Crippen LogP contribution is 2.20. The van der Waals surface area contributed by atoms with Crippen molar-refractivity contribution in [2.24, 2.45) is 12.8 Å². The van der Waals surface area contributed by atoms with E-state index in [1.807, 2.05) is 42.5 Å². The molecule has 4 N–H and O–H groups in total. The van der Waals surface area contributed by atoms with Crippen LogP contribution < -0.4 is 16.6 Å². The van der Waals surface area contributed by atoms with Crippen molar-refractivity contribution < 1.29 is 9.59 Å². The van der Waals surface area contributed by atoms with E-state index < -0.39 is 12.1 Å². The third-order valence-corrected chi connectivity index (χ3v) is 4.56. The van der Waals surface area contributed by atoms with Gasteiger partial charge in [0.15, 0.2) is 0 Å². The topological polar surface area (TPSA) is 118 Å². The fourth-order valence-corrected chi connectivity index (χ4v) is 2.85. The van der Waals surface area contributed by atoms with E-state index in [0.717, 1.165) is 16.8 Å². The number of hydrogen-bond acceptors (Lipinski definition) is 5. The fourth-order valence-electron chi connectivity index (χ4n) is 2.85. The Morgan fingerprint density at radius 3 is 2.52 bits per heavy atom. The van der Waals surface area contributed by atoms with Crippen LogP contribution in [0.1, 0.15) is 5.56 Å². The van der Waals surface area contributed by atoms with Crippen LogP contribution >= 0.6 is 0 Å². The van der Waals surface area contributed by atoms with Crippen LogP contribution in [0.25, 0.3) is 11.3 Å². The van der Waals surface area contributed by atoms with Crippen molar-refractivity contribution >= 4 is 17.8 Å². The Morgan fingerprint density at radius 2 is 1.86 bits per heavy atom. The molecule has 1 atom stereocenters. The molecule has 1 aromatic carbocycles. The Kier molecular flexibility index (Phi) is 6.08. The number of amides is 3. The number of nitrogens with one attached hydrogen (secondary N) is 2. The average Bonchev–Trinajstić information content (AvgIpc) is 3.11. The van der Waals surface area contributed by atoms with Gasteiger partial charge in [0.25, 0.3) is 5.91 Å². The van der Waals surface area contributed by atoms with E-state index in [1.165, 1.54) is 11.9 Å². The van der Waals surface area contributed by atoms with Gasteiger partial charge in [0.1, 0.15) is 11.9 Å². The van der Waals surface area contributed by atoms with E-state index in [-0.39, 0.29) is 5.91 Å². The second kappa shape index (κ2) is 8.87. The Labute approximate surface area is 168 Å². The number of anilines is 1. The molecule has 0 fully saturated rings. The highest BCUT2D eigenvalue weighted by atomic mass is 16.2. The van der Waals surface area contributed by atoms with Crippen molar-refractivity contribution in [3.63, 3.8) is 0 Å². The molecular weight excluding hydrogens is 370 g/mol. The maximum atomic E-state index is 12.8. The molecule has 3 rings (SSSR count). The summed E-state index contributed by atoms with van der Waals surface area (Å²) < 4.78 is 1.61. The largest absolute Gasteiger partial charge is 0.351 e. The lowest BCUT2D eigenvalue weighted by atomic mass is 10.0. The molecule has 150 valence electrons. The van der Waals surface area contributed by atoms with Gasteiger partial charge < -0.3 is 10.6 Å². The number of nitrogens with zero attached hydrogens (tertiary/aromatic N) is 4. The summed E-state index contributed by atoms with van der Waals surface area (Å²) in [4.78, 5) is 29.7. The number of carbonyl (C=O) groups is 2. The number of likely N-dealkylation sites (N-methyl/N-ethyl adjacent to an activating group) is 1. The van der Waals surface area contributed by atoms with E-state index in [2.05, 4.69) is 20.9 Å². The van der Waals surface area contributed by atoms with Crippen LogP contribution in [0.15, 0.2) is 60.9 Å². The molecule has 0 saturated heterocycles. The van der Waals surface area contributed by atoms with Crippen molar-refractivity contribution in [2.75, 3.05) is 12.5 Å². The van der Waals surface area contributed by atoms with Crippen LogP contribution in [-0.2, 0) is 18.3 Å². The highest BCUT2D eigenvalue weighted by molar-refractivity contribution is 5.87. The third kappa shape index (κ3) is 4.89. The van der Waals surface area contributed by atoms with Crippen LogP contribution in [-0.4, -0.2) is 44.7 Å². The van der Waals surface area contributed by atoms with Crippen molar-refractivity contribution in [3.8, 4) is 11.3 Å². The van der Waals surface area contributed by atoms with Crippen LogP contribution in [0.4, 0.5) is 10.6 Å². The molecular formula is C20H23N7O2. The first-order valence-electron chi connectivity index (χ1n) is 9.02. The molecule has 2 heterocycles. The van der Waals surface area contributed by atoms with E-state index >= 15 is 0 Å². The minimum absolute atomic E-state index is 0.335. The zero-order chi connectivity index (χ0) is 20.8. The van der Waals surface area contributed by atoms with Gasteiger partial charge in [-0.15, -0.1) is 0 Å². The minimum Gasteiger partial charge on any atom is -0.351 e. The summed E-state index contributed by atoms with van der Waals surface area (Å²) in [6, 6.07) is 13.5. The van der Waals surface area contributed by atoms with Crippen LogP contribution in [0, 0.1) is 0 Å². The Hall–Kier alpha value is -3.88. The maximum Gasteiger partial charge on any atom is 0.315 e. The van der Waals surface area contributed by atoms with Crippen molar-refractivity contribution in [1.82, 2.24) is 25.1 Å². The summed E-state index contributed by atoms with van der Waals surface area (Å²) in [6.45, 7) is 0. The number of primary amides is 1. The summed E-state index contributed by atoms with van der Waals surface area (Å²) in [5, 5.41) is 4.43. The van der Waals surface area contributed by atoms with Crippen molar-refractivity contribution in [2.45, 2.75) is 12.5 Å². The first-order chi connectivity index (χ1) is 14.0. The molecule has 9 nitrogen and oxygen atoms in total. The normalized spacial score (nSPS) is 11.5. The summed E-state index contributed by atoms with van der Waals surface area (Å²) in [5.41, 5.74) is 13.5. The van der Waals surface area contributed by atoms with Crippen LogP contribution in [0.3, 0.4) is 0 Å². The van der Waals surface area contributed by atoms with E-state index in [4.69, 9.17) is 5.73 Å². The number of rotatable bonds is 7. The molecule has 0 bridgehead atoms. The number of aryl methyl sites for hydroxylation is 1. The number of carbonyl (C=O) groups excluding carboxylic acids is 2. The smallest absolute Gasteiger partial charge is 0.315 e. The average molecular weight is 393 g/mol. The lowest BCUT2D eigenvalue weighted by Gasteiger charge is -2.26. The minimum atomic E-state index is -0.768. The molecule has 3 aromatic rings. The lowest BCUT2D eigenvalue weighted by molar-refractivity contribution is -0.124. The molecule has 3 amide bonds. The Morgan fingerprint density at radius 1 is 1.17 bits per heavy atom. The van der Waals surface area contributed by atoms with Gasteiger partial charge in [0, 0.05) is 44.5 Å². The van der Waals surface area contributed by atoms with Gasteiger partial charge in [-0.05, 0) is 17.7 Å². The molecule has 0 saturated carbocycles. The molecule has 0 aliphatic heterocycles. The van der Waals surface area contributed by atoms with E-state index in [0.29, 0.717) is 12.2 Å². The number of urea groups is 1. The van der Waals surface area contributed by atoms with Gasteiger partial charge in [-0.25, -0.2) is 4.79 Å². The monoisotopic (exact) mass is 393 g/mol. The first-order valence-corrected chi connectivity index (χ1v) is 9.02. The Balaban J connectivity index is 1.71. The van der Waals surface area contributed by atoms with Gasteiger partial charge in [0.2, 0.25) is 0 Å². The number of hydrazine groups is 1. The van der Waals surface area contributed by atoms with E-state index in [9.17, 15) is 9.59 Å². The van der Waals surface area contributed by atoms with Gasteiger partial charge in [-0.3, -0.25) is 25.3 Å². The molecule has 0 radical (unpaired) electrons. The van der Waals surface area contributed by atoms with Gasteiger partial charge >= 0.3 is 6.03 Å². The SMILES string of the molecule is CN(C(N)=O)[C@@H](Cc1ccccc1)C(=O)NNc1cc(-c2ccncc2)nn1C. The maximum absolute atomic E-state index is 12.8. The van der Waals surface area contributed by atoms with Gasteiger partial charge in [-0.2, -0.15) is 5.10 Å². The molecule has 9 heteroatoms. The lowest BCUT2D eigenvalue weighted by Crippen LogP contribution is -2.51. The number of benzene rings is 1. The third-order valence-electron chi connectivity index (χ3n) is 4.56. The predicted molar refractivity (Wildman–Crippen MR) is 109 cm³/mol. The molecule has 0 spiro atoms. The molecule has 2 aromatic heterocycles. The second-order valence-corrected chi connectivity index (χ2v) is 6.54. The second-order valence-electron chi connectivity index (χ2n) is 6.54. The number of aromatic nitrogens is 3. The zero-order valence-corrected chi connectivity index (χ0v) is 16.2. The van der Waals surface area contributed by atoms with Crippen LogP contribution in [0.5, 0.6) is 0 Å². The molecule has 0 aliphatic rings. The fraction of sp³-hybridized carbons (Fsp3) is 0.200. The number of pyridine rings is 1. The van der Waals surface area contributed by atoms with E-state index in [1.54, 1.807) is 30.2 Å². The summed E-state index contributed by atoms with van der Waals surface area (Å²) in [7, 11) is 3.26. The Bertz CT molecular complexity index is 973. The number of hydrogen-bond donors (Lipinski definition) is 3. The standard InChI is InChI=1S/C20H23N7O2/c1-26(20(21)29)17(12-14-6-4-3-5-7-14)19(28)24-23-18-13-16(25-27(18)2)15-8-10-22-11-9-15/h3-11,13,17,23H,12H2,1-2H3,(H2,21,29)(H,24,28)/t17-/m0/s1. The summed E-state index contributed by atoms with van der Waals surface area (Å²) in [5.74, 6) is 0.201. The zero-order valence-electron chi connectivity index (χ0n) is 16.2.